The first-order valence-electron chi connectivity index (χ1n) is 9.66. The van der Waals surface area contributed by atoms with Gasteiger partial charge in [-0.3, -0.25) is 4.72 Å². The predicted molar refractivity (Wildman–Crippen MR) is 124 cm³/mol. The molecule has 1 aliphatic rings. The normalized spacial score (nSPS) is 14.8. The standard InChI is InChI=1S/C19H22BrN5O3S2/c1-3-30(26,27)24-14-9-12(10-21-18(14)28-2)15-17-16(13(20)11-29-17)23-19(22-15)25-7-5-4-6-8-25/h9-11,24H,3-8H2,1-2H3. The number of rotatable bonds is 6. The van der Waals surface area contributed by atoms with Crippen LogP contribution in [0.4, 0.5) is 11.6 Å². The van der Waals surface area contributed by atoms with E-state index in [4.69, 9.17) is 14.7 Å². The zero-order valence-corrected chi connectivity index (χ0v) is 19.9. The van der Waals surface area contributed by atoms with Crippen molar-refractivity contribution in [1.29, 1.82) is 0 Å². The van der Waals surface area contributed by atoms with Gasteiger partial charge in [-0.15, -0.1) is 11.3 Å². The zero-order valence-electron chi connectivity index (χ0n) is 16.7. The fraction of sp³-hybridized carbons (Fsp3) is 0.421. The molecule has 0 aliphatic carbocycles. The van der Waals surface area contributed by atoms with Gasteiger partial charge < -0.3 is 9.64 Å². The van der Waals surface area contributed by atoms with Crippen molar-refractivity contribution in [3.05, 3.63) is 22.1 Å². The van der Waals surface area contributed by atoms with Crippen molar-refractivity contribution >= 4 is 59.1 Å². The van der Waals surface area contributed by atoms with Crippen LogP contribution >= 0.6 is 27.3 Å². The van der Waals surface area contributed by atoms with E-state index in [9.17, 15) is 8.42 Å². The van der Waals surface area contributed by atoms with Crippen LogP contribution < -0.4 is 14.4 Å². The lowest BCUT2D eigenvalue weighted by Crippen LogP contribution is -2.31. The molecule has 4 heterocycles. The first kappa shape index (κ1) is 21.3. The number of nitrogens with zero attached hydrogens (tertiary/aromatic N) is 4. The van der Waals surface area contributed by atoms with Crippen molar-refractivity contribution in [2.75, 3.05) is 35.6 Å². The van der Waals surface area contributed by atoms with Crippen LogP contribution in [0.25, 0.3) is 21.5 Å². The highest BCUT2D eigenvalue weighted by atomic mass is 79.9. The molecule has 0 aromatic carbocycles. The largest absolute Gasteiger partial charge is 0.480 e. The van der Waals surface area contributed by atoms with Gasteiger partial charge in [0, 0.05) is 30.2 Å². The SMILES string of the molecule is CCS(=O)(=O)Nc1cc(-c2nc(N3CCCCC3)nc3c(Br)csc23)cnc1OC. The second kappa shape index (κ2) is 8.64. The molecule has 1 N–H and O–H groups in total. The van der Waals surface area contributed by atoms with Crippen LogP contribution in [0.15, 0.2) is 22.1 Å². The molecule has 30 heavy (non-hydrogen) atoms. The van der Waals surface area contributed by atoms with Gasteiger partial charge in [-0.2, -0.15) is 0 Å². The topological polar surface area (TPSA) is 97.3 Å². The van der Waals surface area contributed by atoms with E-state index in [0.29, 0.717) is 17.2 Å². The summed E-state index contributed by atoms with van der Waals surface area (Å²) in [4.78, 5) is 16.2. The Morgan fingerprint density at radius 2 is 2.03 bits per heavy atom. The molecule has 0 radical (unpaired) electrons. The lowest BCUT2D eigenvalue weighted by molar-refractivity contribution is 0.400. The third-order valence-corrected chi connectivity index (χ3v) is 8.14. The van der Waals surface area contributed by atoms with Gasteiger partial charge in [-0.25, -0.2) is 23.4 Å². The summed E-state index contributed by atoms with van der Waals surface area (Å²) in [6.07, 6.45) is 5.11. The van der Waals surface area contributed by atoms with Gasteiger partial charge in [0.1, 0.15) is 11.2 Å². The Bertz CT molecular complexity index is 1180. The molecule has 0 atom stereocenters. The molecule has 3 aromatic rings. The monoisotopic (exact) mass is 511 g/mol. The summed E-state index contributed by atoms with van der Waals surface area (Å²) >= 11 is 5.13. The third kappa shape index (κ3) is 4.23. The summed E-state index contributed by atoms with van der Waals surface area (Å²) in [5.74, 6) is 0.849. The quantitative estimate of drug-likeness (QED) is 0.527. The van der Waals surface area contributed by atoms with Crippen LogP contribution in [0.3, 0.4) is 0 Å². The number of aromatic nitrogens is 3. The van der Waals surface area contributed by atoms with Gasteiger partial charge in [-0.1, -0.05) is 0 Å². The van der Waals surface area contributed by atoms with E-state index in [2.05, 4.69) is 30.5 Å². The number of methoxy groups -OCH3 is 1. The highest BCUT2D eigenvalue weighted by Gasteiger charge is 2.21. The number of ether oxygens (including phenoxy) is 1. The Hall–Kier alpha value is -1.98. The summed E-state index contributed by atoms with van der Waals surface area (Å²) in [7, 11) is -2.03. The number of fused-ring (bicyclic) bond motifs is 1. The maximum absolute atomic E-state index is 12.1. The average Bonchev–Trinajstić information content (AvgIpc) is 3.14. The van der Waals surface area contributed by atoms with Crippen molar-refractivity contribution in [3.63, 3.8) is 0 Å². The highest BCUT2D eigenvalue weighted by molar-refractivity contribution is 9.10. The lowest BCUT2D eigenvalue weighted by Gasteiger charge is -2.27. The minimum absolute atomic E-state index is 0.0465. The van der Waals surface area contributed by atoms with E-state index in [1.165, 1.54) is 24.9 Å². The van der Waals surface area contributed by atoms with Crippen LogP contribution in [0.1, 0.15) is 26.2 Å². The Morgan fingerprint density at radius 3 is 2.73 bits per heavy atom. The Morgan fingerprint density at radius 1 is 1.27 bits per heavy atom. The molecule has 8 nitrogen and oxygen atoms in total. The minimum atomic E-state index is -3.48. The van der Waals surface area contributed by atoms with Gasteiger partial charge in [0.25, 0.3) is 0 Å². The molecule has 11 heteroatoms. The molecule has 0 spiro atoms. The van der Waals surface area contributed by atoms with Crippen LogP contribution in [0, 0.1) is 0 Å². The molecular formula is C19H22BrN5O3S2. The number of pyridine rings is 1. The molecule has 1 fully saturated rings. The highest BCUT2D eigenvalue weighted by Crippen LogP contribution is 2.38. The van der Waals surface area contributed by atoms with E-state index < -0.39 is 10.0 Å². The molecule has 1 saturated heterocycles. The van der Waals surface area contributed by atoms with Crippen molar-refractivity contribution < 1.29 is 13.2 Å². The van der Waals surface area contributed by atoms with Crippen molar-refractivity contribution in [2.24, 2.45) is 0 Å². The molecule has 160 valence electrons. The van der Waals surface area contributed by atoms with E-state index >= 15 is 0 Å². The summed E-state index contributed by atoms with van der Waals surface area (Å²) in [5.41, 5.74) is 2.56. The molecule has 0 unspecified atom stereocenters. The summed E-state index contributed by atoms with van der Waals surface area (Å²) in [5, 5.41) is 1.99. The number of anilines is 2. The van der Waals surface area contributed by atoms with Crippen molar-refractivity contribution in [3.8, 4) is 17.1 Å². The van der Waals surface area contributed by atoms with Gasteiger partial charge in [-0.05, 0) is 48.2 Å². The summed E-state index contributed by atoms with van der Waals surface area (Å²) in [6, 6.07) is 1.72. The number of nitrogens with one attached hydrogen (secondary N) is 1. The molecular weight excluding hydrogens is 490 g/mol. The molecule has 1 aliphatic heterocycles. The van der Waals surface area contributed by atoms with Gasteiger partial charge in [0.15, 0.2) is 0 Å². The molecule has 3 aromatic heterocycles. The van der Waals surface area contributed by atoms with E-state index in [1.54, 1.807) is 19.2 Å². The number of thiophene rings is 1. The van der Waals surface area contributed by atoms with Gasteiger partial charge >= 0.3 is 0 Å². The summed E-state index contributed by atoms with van der Waals surface area (Å²) in [6.45, 7) is 3.43. The maximum Gasteiger partial charge on any atom is 0.238 e. The number of piperidine rings is 1. The van der Waals surface area contributed by atoms with Crippen LogP contribution in [-0.4, -0.2) is 49.3 Å². The molecule has 0 saturated carbocycles. The van der Waals surface area contributed by atoms with Crippen LogP contribution in [-0.2, 0) is 10.0 Å². The minimum Gasteiger partial charge on any atom is -0.480 e. The first-order chi connectivity index (χ1) is 14.4. The fourth-order valence-corrected chi connectivity index (χ4v) is 5.57. The number of halogens is 1. The van der Waals surface area contributed by atoms with E-state index in [1.807, 2.05) is 5.38 Å². The van der Waals surface area contributed by atoms with E-state index in [-0.39, 0.29) is 11.6 Å². The fourth-order valence-electron chi connectivity index (χ4n) is 3.37. The second-order valence-electron chi connectivity index (χ2n) is 6.97. The molecule has 0 bridgehead atoms. The molecule has 0 amide bonds. The van der Waals surface area contributed by atoms with E-state index in [0.717, 1.165) is 46.3 Å². The lowest BCUT2D eigenvalue weighted by atomic mass is 10.1. The number of hydrogen-bond donors (Lipinski definition) is 1. The Labute approximate surface area is 187 Å². The van der Waals surface area contributed by atoms with Crippen molar-refractivity contribution in [1.82, 2.24) is 15.0 Å². The number of hydrogen-bond acceptors (Lipinski definition) is 8. The predicted octanol–water partition coefficient (Wildman–Crippen LogP) is 4.28. The molecule has 4 rings (SSSR count). The van der Waals surface area contributed by atoms with Crippen LogP contribution in [0.5, 0.6) is 5.88 Å². The third-order valence-electron chi connectivity index (χ3n) is 4.96. The van der Waals surface area contributed by atoms with Crippen molar-refractivity contribution in [2.45, 2.75) is 26.2 Å². The van der Waals surface area contributed by atoms with Gasteiger partial charge in [0.05, 0.1) is 27.7 Å². The number of sulfonamides is 1. The Balaban J connectivity index is 1.86. The first-order valence-corrected chi connectivity index (χ1v) is 13.0. The Kier molecular flexibility index (Phi) is 6.12. The maximum atomic E-state index is 12.1. The smallest absolute Gasteiger partial charge is 0.238 e. The zero-order chi connectivity index (χ0) is 21.3. The second-order valence-corrected chi connectivity index (χ2v) is 10.7. The summed E-state index contributed by atoms with van der Waals surface area (Å²) < 4.78 is 33.9. The average molecular weight is 512 g/mol. The van der Waals surface area contributed by atoms with Gasteiger partial charge in [0.2, 0.25) is 21.9 Å². The van der Waals surface area contributed by atoms with Crippen LogP contribution in [0.2, 0.25) is 0 Å².